The van der Waals surface area contributed by atoms with Crippen LogP contribution in [0.5, 0.6) is 6.01 Å². The van der Waals surface area contributed by atoms with Crippen LogP contribution in [0.4, 0.5) is 14.6 Å². The van der Waals surface area contributed by atoms with Gasteiger partial charge in [0.05, 0.1) is 24.2 Å². The van der Waals surface area contributed by atoms with Crippen LogP contribution >= 0.6 is 0 Å². The van der Waals surface area contributed by atoms with Crippen LogP contribution in [0.3, 0.4) is 0 Å². The molecule has 1 aromatic carbocycles. The molecule has 0 N–H and O–H groups in total. The van der Waals surface area contributed by atoms with Crippen LogP contribution in [0.2, 0.25) is 0 Å². The fourth-order valence-electron chi connectivity index (χ4n) is 7.52. The van der Waals surface area contributed by atoms with E-state index in [-0.39, 0.29) is 30.4 Å². The summed E-state index contributed by atoms with van der Waals surface area (Å²) < 4.78 is 34.0. The zero-order valence-electron chi connectivity index (χ0n) is 24.4. The van der Waals surface area contributed by atoms with E-state index in [4.69, 9.17) is 14.7 Å². The predicted octanol–water partition coefficient (Wildman–Crippen LogP) is 3.99. The lowest BCUT2D eigenvalue weighted by atomic mass is 9.69. The average Bonchev–Trinajstić information content (AvgIpc) is 3.48. The first-order valence-electron chi connectivity index (χ1n) is 14.9. The van der Waals surface area contributed by atoms with Gasteiger partial charge in [0.1, 0.15) is 18.6 Å². The second-order valence-corrected chi connectivity index (χ2v) is 12.5. The summed E-state index contributed by atoms with van der Waals surface area (Å²) in [6.07, 6.45) is 4.31. The molecule has 2 aliphatic carbocycles. The number of rotatable bonds is 6. The number of likely N-dealkylation sites (tertiary alicyclic amines) is 1. The van der Waals surface area contributed by atoms with Gasteiger partial charge in [0.25, 0.3) is 5.91 Å². The van der Waals surface area contributed by atoms with Gasteiger partial charge < -0.3 is 14.5 Å². The first-order chi connectivity index (χ1) is 20.2. The Hall–Kier alpha value is -3.58. The van der Waals surface area contributed by atoms with Gasteiger partial charge in [-0.3, -0.25) is 9.69 Å². The number of halogens is 2. The number of aryl methyl sites for hydroxylation is 2. The zero-order valence-corrected chi connectivity index (χ0v) is 24.4. The Morgan fingerprint density at radius 3 is 2.76 bits per heavy atom. The molecule has 6 rings (SSSR count). The number of fused-ring (bicyclic) bond motifs is 3. The van der Waals surface area contributed by atoms with Crippen LogP contribution in [0.1, 0.15) is 53.6 Å². The van der Waals surface area contributed by atoms with E-state index in [9.17, 15) is 18.8 Å². The lowest BCUT2D eigenvalue weighted by Gasteiger charge is -2.42. The summed E-state index contributed by atoms with van der Waals surface area (Å²) in [4.78, 5) is 27.8. The second kappa shape index (κ2) is 11.3. The molecule has 2 aliphatic heterocycles. The number of ether oxygens (including phenoxy) is 1. The Bertz CT molecular complexity index is 1440. The molecule has 1 aromatic heterocycles. The number of carbonyl (C=O) groups is 1. The molecule has 0 bridgehead atoms. The van der Waals surface area contributed by atoms with E-state index in [2.05, 4.69) is 42.7 Å². The monoisotopic (exact) mass is 576 g/mol. The van der Waals surface area contributed by atoms with Gasteiger partial charge in [-0.15, -0.1) is 0 Å². The first-order valence-corrected chi connectivity index (χ1v) is 14.9. The maximum Gasteiger partial charge on any atom is 0.318 e. The number of anilines is 1. The fourth-order valence-corrected chi connectivity index (χ4v) is 7.52. The van der Waals surface area contributed by atoms with E-state index >= 15 is 0 Å². The lowest BCUT2D eigenvalue weighted by Crippen LogP contribution is -2.55. The molecule has 42 heavy (non-hydrogen) atoms. The number of carbonyl (C=O) groups excluding carboxylic acids is 1. The van der Waals surface area contributed by atoms with E-state index in [0.717, 1.165) is 49.2 Å². The van der Waals surface area contributed by atoms with Crippen molar-refractivity contribution in [3.63, 3.8) is 0 Å². The van der Waals surface area contributed by atoms with Crippen molar-refractivity contribution >= 4 is 11.7 Å². The molecule has 222 valence electrons. The van der Waals surface area contributed by atoms with Gasteiger partial charge >= 0.3 is 6.01 Å². The zero-order chi connectivity index (χ0) is 29.6. The van der Waals surface area contributed by atoms with Crippen LogP contribution in [0.25, 0.3) is 0 Å². The predicted molar refractivity (Wildman–Crippen MR) is 155 cm³/mol. The Morgan fingerprint density at radius 2 is 2.02 bits per heavy atom. The van der Waals surface area contributed by atoms with Crippen molar-refractivity contribution < 1.29 is 18.3 Å². The number of amides is 1. The maximum atomic E-state index is 14.0. The Balaban J connectivity index is 1.33. The van der Waals surface area contributed by atoms with Gasteiger partial charge in [-0.05, 0) is 63.6 Å². The molecule has 4 aliphatic rings. The number of likely N-dealkylation sites (N-methyl/N-ethyl adjacent to an activating group) is 1. The molecule has 0 radical (unpaired) electrons. The maximum absolute atomic E-state index is 14.0. The molecule has 1 unspecified atom stereocenters. The number of alkyl halides is 1. The van der Waals surface area contributed by atoms with Crippen molar-refractivity contribution in [2.24, 2.45) is 0 Å². The minimum absolute atomic E-state index is 0.0159. The topological polar surface area (TPSA) is 85.6 Å². The number of hydrogen-bond donors (Lipinski definition) is 0. The molecule has 2 aromatic rings. The standard InChI is InChI=1S/C32H38F2N6O2/c1-20-4-5-27-22(14-20)6-9-32(27)10-7-26-28(16-32)36-31(42-19-25-15-23(34)17-38(25)3)37-29(26)39-12-13-40(30(41)21(2)33)24(18-39)8-11-35/h4-5,14,23-25H,2,6-10,12-13,15-19H2,1,3H3/t23-,24+,25+,32?/m1/s1. The quantitative estimate of drug-likeness (QED) is 0.481. The van der Waals surface area contributed by atoms with Crippen LogP contribution in [-0.4, -0.2) is 83.8 Å². The summed E-state index contributed by atoms with van der Waals surface area (Å²) in [5, 5.41) is 9.48. The average molecular weight is 577 g/mol. The van der Waals surface area contributed by atoms with Crippen molar-refractivity contribution in [2.45, 2.75) is 75.5 Å². The second-order valence-electron chi connectivity index (χ2n) is 12.5. The van der Waals surface area contributed by atoms with Crippen molar-refractivity contribution in [3.8, 4) is 12.1 Å². The Morgan fingerprint density at radius 1 is 1.21 bits per heavy atom. The van der Waals surface area contributed by atoms with E-state index in [0.29, 0.717) is 32.7 Å². The van der Waals surface area contributed by atoms with Crippen molar-refractivity contribution in [3.05, 3.63) is 58.6 Å². The molecule has 2 fully saturated rings. The molecule has 3 heterocycles. The van der Waals surface area contributed by atoms with Crippen molar-refractivity contribution in [1.82, 2.24) is 19.8 Å². The highest BCUT2D eigenvalue weighted by Gasteiger charge is 2.44. The van der Waals surface area contributed by atoms with Crippen molar-refractivity contribution in [1.29, 1.82) is 5.26 Å². The minimum Gasteiger partial charge on any atom is -0.462 e. The third kappa shape index (κ3) is 5.24. The molecule has 1 amide bonds. The number of hydrogen-bond acceptors (Lipinski definition) is 7. The van der Waals surface area contributed by atoms with E-state index in [1.165, 1.54) is 21.6 Å². The van der Waals surface area contributed by atoms with Crippen LogP contribution < -0.4 is 9.64 Å². The smallest absolute Gasteiger partial charge is 0.318 e. The van der Waals surface area contributed by atoms with E-state index in [1.54, 1.807) is 0 Å². The highest BCUT2D eigenvalue weighted by Crippen LogP contribution is 2.49. The van der Waals surface area contributed by atoms with Crippen LogP contribution in [-0.2, 0) is 29.5 Å². The number of nitrogens with zero attached hydrogens (tertiary/aromatic N) is 6. The fraction of sp³-hybridized carbons (Fsp3) is 0.562. The molecule has 4 atom stereocenters. The van der Waals surface area contributed by atoms with Gasteiger partial charge in [0.2, 0.25) is 0 Å². The molecule has 10 heteroatoms. The number of nitriles is 1. The van der Waals surface area contributed by atoms with E-state index in [1.807, 2.05) is 11.9 Å². The molecule has 8 nitrogen and oxygen atoms in total. The minimum atomic E-state index is -1.02. The van der Waals surface area contributed by atoms with Gasteiger partial charge in [-0.25, -0.2) is 8.78 Å². The van der Waals surface area contributed by atoms with Gasteiger partial charge in [0.15, 0.2) is 5.83 Å². The molecule has 1 spiro atoms. The summed E-state index contributed by atoms with van der Waals surface area (Å²) >= 11 is 0. The van der Waals surface area contributed by atoms with E-state index < -0.39 is 23.9 Å². The van der Waals surface area contributed by atoms with Gasteiger partial charge in [-0.2, -0.15) is 15.2 Å². The molecule has 0 saturated carbocycles. The summed E-state index contributed by atoms with van der Waals surface area (Å²) in [5.74, 6) is -1.04. The van der Waals surface area contributed by atoms with Crippen LogP contribution in [0, 0.1) is 18.3 Å². The largest absolute Gasteiger partial charge is 0.462 e. The highest BCUT2D eigenvalue weighted by molar-refractivity contribution is 5.91. The first kappa shape index (κ1) is 28.5. The summed E-state index contributed by atoms with van der Waals surface area (Å²) in [6.45, 7) is 7.02. The summed E-state index contributed by atoms with van der Waals surface area (Å²) in [6, 6.07) is 8.65. The number of aromatic nitrogens is 2. The number of piperazine rings is 1. The van der Waals surface area contributed by atoms with Gasteiger partial charge in [0, 0.05) is 43.2 Å². The Kier molecular flexibility index (Phi) is 7.64. The van der Waals surface area contributed by atoms with Crippen molar-refractivity contribution in [2.75, 3.05) is 44.7 Å². The number of benzene rings is 1. The molecule has 2 saturated heterocycles. The molecular formula is C32H38F2N6O2. The lowest BCUT2D eigenvalue weighted by molar-refractivity contribution is -0.131. The Labute approximate surface area is 246 Å². The normalized spacial score (nSPS) is 27.1. The third-order valence-electron chi connectivity index (χ3n) is 9.76. The third-order valence-corrected chi connectivity index (χ3v) is 9.76. The highest BCUT2D eigenvalue weighted by atomic mass is 19.1. The molecular weight excluding hydrogens is 538 g/mol. The summed E-state index contributed by atoms with van der Waals surface area (Å²) in [5.41, 5.74) is 6.16. The summed E-state index contributed by atoms with van der Waals surface area (Å²) in [7, 11) is 1.90. The van der Waals surface area contributed by atoms with Crippen LogP contribution in [0.15, 0.2) is 30.6 Å². The SMILES string of the molecule is C=C(F)C(=O)N1CCN(c2nc(OC[C@@H]3C[C@@H](F)CN3C)nc3c2CCC2(CCc4cc(C)ccc42)C3)C[C@@H]1CC#N. The van der Waals surface area contributed by atoms with Gasteiger partial charge in [-0.1, -0.05) is 30.3 Å².